The molecule has 2 aromatic rings. The molecule has 7 heteroatoms. The first-order valence-electron chi connectivity index (χ1n) is 7.55. The Kier molecular flexibility index (Phi) is 8.18. The van der Waals surface area contributed by atoms with E-state index < -0.39 is 5.97 Å². The van der Waals surface area contributed by atoms with Crippen molar-refractivity contribution in [3.05, 3.63) is 53.6 Å². The minimum Gasteiger partial charge on any atom is -0.456 e. The second-order valence-electron chi connectivity index (χ2n) is 4.99. The van der Waals surface area contributed by atoms with Gasteiger partial charge in [-0.3, -0.25) is 9.59 Å². The van der Waals surface area contributed by atoms with Crippen LogP contribution in [-0.4, -0.2) is 30.5 Å². The summed E-state index contributed by atoms with van der Waals surface area (Å²) >= 11 is 8.98. The molecule has 0 spiro atoms. The zero-order chi connectivity index (χ0) is 18.1. The normalized spacial score (nSPS) is 10.3. The van der Waals surface area contributed by atoms with E-state index in [9.17, 15) is 9.59 Å². The van der Waals surface area contributed by atoms with Gasteiger partial charge in [0.1, 0.15) is 0 Å². The van der Waals surface area contributed by atoms with Gasteiger partial charge in [-0.15, -0.1) is 23.5 Å². The van der Waals surface area contributed by atoms with Crippen LogP contribution in [0.2, 0.25) is 5.02 Å². The average molecular weight is 396 g/mol. The van der Waals surface area contributed by atoms with Crippen LogP contribution in [0.25, 0.3) is 0 Å². The number of hydrogen-bond acceptors (Lipinski definition) is 5. The molecule has 0 aliphatic heterocycles. The van der Waals surface area contributed by atoms with Gasteiger partial charge in [0.25, 0.3) is 5.91 Å². The lowest BCUT2D eigenvalue weighted by atomic mass is 10.3. The zero-order valence-electron chi connectivity index (χ0n) is 13.7. The van der Waals surface area contributed by atoms with Gasteiger partial charge < -0.3 is 10.1 Å². The first-order chi connectivity index (χ1) is 12.1. The van der Waals surface area contributed by atoms with Crippen molar-refractivity contribution in [2.24, 2.45) is 0 Å². The van der Waals surface area contributed by atoms with E-state index in [0.29, 0.717) is 16.5 Å². The summed E-state index contributed by atoms with van der Waals surface area (Å²) < 4.78 is 4.99. The summed E-state index contributed by atoms with van der Waals surface area (Å²) in [6.07, 6.45) is 2.22. The summed E-state index contributed by atoms with van der Waals surface area (Å²) in [4.78, 5) is 25.6. The van der Waals surface area contributed by atoms with Crippen molar-refractivity contribution >= 4 is 52.7 Å². The molecule has 0 atom stereocenters. The van der Waals surface area contributed by atoms with Gasteiger partial charge in [0, 0.05) is 26.3 Å². The van der Waals surface area contributed by atoms with Gasteiger partial charge in [0.2, 0.25) is 0 Å². The van der Waals surface area contributed by atoms with Crippen LogP contribution < -0.4 is 5.32 Å². The molecule has 0 bridgehead atoms. The summed E-state index contributed by atoms with van der Waals surface area (Å²) in [5.74, 6) is -0.164. The van der Waals surface area contributed by atoms with Crippen molar-refractivity contribution in [3.63, 3.8) is 0 Å². The summed E-state index contributed by atoms with van der Waals surface area (Å²) in [5.41, 5.74) is 0.678. The number of hydrogen-bond donors (Lipinski definition) is 1. The Hall–Kier alpha value is -1.63. The standard InChI is InChI=1S/C18H18ClNO3S2/c1-24-15-8-4-14(5-9-15)20-17(21)12-23-18(22)10-11-25-16-6-2-13(19)3-7-16/h2-9H,10-12H2,1H3,(H,20,21). The molecule has 132 valence electrons. The van der Waals surface area contributed by atoms with Crippen molar-refractivity contribution in [1.29, 1.82) is 0 Å². The van der Waals surface area contributed by atoms with E-state index >= 15 is 0 Å². The molecule has 1 N–H and O–H groups in total. The summed E-state index contributed by atoms with van der Waals surface area (Å²) in [6.45, 7) is -0.283. The van der Waals surface area contributed by atoms with Gasteiger partial charge in [0.15, 0.2) is 6.61 Å². The van der Waals surface area contributed by atoms with Gasteiger partial charge in [0.05, 0.1) is 6.42 Å². The molecule has 25 heavy (non-hydrogen) atoms. The molecule has 0 aliphatic rings. The van der Waals surface area contributed by atoms with E-state index in [1.54, 1.807) is 23.9 Å². The van der Waals surface area contributed by atoms with Gasteiger partial charge in [-0.05, 0) is 54.8 Å². The van der Waals surface area contributed by atoms with Crippen LogP contribution in [0.4, 0.5) is 5.69 Å². The molecule has 0 unspecified atom stereocenters. The molecule has 4 nitrogen and oxygen atoms in total. The van der Waals surface area contributed by atoms with Crippen molar-refractivity contribution in [1.82, 2.24) is 0 Å². The van der Waals surface area contributed by atoms with E-state index in [-0.39, 0.29) is 18.9 Å². The second-order valence-corrected chi connectivity index (χ2v) is 7.47. The molecule has 2 aromatic carbocycles. The monoisotopic (exact) mass is 395 g/mol. The molecular formula is C18H18ClNO3S2. The highest BCUT2D eigenvalue weighted by Gasteiger charge is 2.08. The molecule has 0 aromatic heterocycles. The Morgan fingerprint density at radius 2 is 1.68 bits per heavy atom. The summed E-state index contributed by atoms with van der Waals surface area (Å²) in [6, 6.07) is 14.9. The van der Waals surface area contributed by atoms with Crippen LogP contribution in [0.3, 0.4) is 0 Å². The molecule has 0 radical (unpaired) electrons. The highest BCUT2D eigenvalue weighted by molar-refractivity contribution is 7.99. The van der Waals surface area contributed by atoms with Gasteiger partial charge in [-0.2, -0.15) is 0 Å². The largest absolute Gasteiger partial charge is 0.456 e. The number of thioether (sulfide) groups is 2. The van der Waals surface area contributed by atoms with Crippen LogP contribution in [0, 0.1) is 0 Å². The van der Waals surface area contributed by atoms with E-state index in [1.165, 1.54) is 11.8 Å². The molecular weight excluding hydrogens is 378 g/mol. The first kappa shape index (κ1) is 19.7. The predicted molar refractivity (Wildman–Crippen MR) is 105 cm³/mol. The van der Waals surface area contributed by atoms with Gasteiger partial charge >= 0.3 is 5.97 Å². The third-order valence-corrected chi connectivity index (χ3v) is 5.14. The minimum atomic E-state index is -0.394. The number of carbonyl (C=O) groups excluding carboxylic acids is 2. The quantitative estimate of drug-likeness (QED) is 0.517. The third kappa shape index (κ3) is 7.42. The minimum absolute atomic E-state index is 0.239. The molecule has 0 heterocycles. The summed E-state index contributed by atoms with van der Waals surface area (Å²) in [7, 11) is 0. The van der Waals surface area contributed by atoms with Crippen molar-refractivity contribution in [2.75, 3.05) is 23.9 Å². The number of ether oxygens (including phenoxy) is 1. The van der Waals surface area contributed by atoms with Gasteiger partial charge in [-0.1, -0.05) is 11.6 Å². The number of carbonyl (C=O) groups is 2. The van der Waals surface area contributed by atoms with Crippen LogP contribution in [0.5, 0.6) is 0 Å². The first-order valence-corrected chi connectivity index (χ1v) is 10.1. The third-order valence-electron chi connectivity index (χ3n) is 3.13. The number of esters is 1. The van der Waals surface area contributed by atoms with Crippen LogP contribution in [0.1, 0.15) is 6.42 Å². The molecule has 2 rings (SSSR count). The zero-order valence-corrected chi connectivity index (χ0v) is 16.0. The summed E-state index contributed by atoms with van der Waals surface area (Å²) in [5, 5.41) is 3.37. The van der Waals surface area contributed by atoms with E-state index in [4.69, 9.17) is 16.3 Å². The molecule has 0 aliphatic carbocycles. The van der Waals surface area contributed by atoms with Crippen molar-refractivity contribution in [3.8, 4) is 0 Å². The Balaban J connectivity index is 1.64. The predicted octanol–water partition coefficient (Wildman–Crippen LogP) is 4.73. The number of nitrogens with one attached hydrogen (secondary N) is 1. The number of rotatable bonds is 8. The molecule has 0 saturated carbocycles. The highest BCUT2D eigenvalue weighted by atomic mass is 35.5. The molecule has 1 amide bonds. The fourth-order valence-electron chi connectivity index (χ4n) is 1.87. The fraction of sp³-hybridized carbons (Fsp3) is 0.222. The number of amides is 1. The molecule has 0 fully saturated rings. The number of benzene rings is 2. The van der Waals surface area contributed by atoms with Gasteiger partial charge in [-0.25, -0.2) is 0 Å². The smallest absolute Gasteiger partial charge is 0.307 e. The lowest BCUT2D eigenvalue weighted by Crippen LogP contribution is -2.21. The number of halogens is 1. The lowest BCUT2D eigenvalue weighted by Gasteiger charge is -2.07. The average Bonchev–Trinajstić information content (AvgIpc) is 2.62. The second kappa shape index (κ2) is 10.4. The molecule has 0 saturated heterocycles. The Morgan fingerprint density at radius 3 is 2.32 bits per heavy atom. The SMILES string of the molecule is CSc1ccc(NC(=O)COC(=O)CCSc2ccc(Cl)cc2)cc1. The maximum absolute atomic E-state index is 11.8. The number of anilines is 1. The topological polar surface area (TPSA) is 55.4 Å². The highest BCUT2D eigenvalue weighted by Crippen LogP contribution is 2.21. The van der Waals surface area contributed by atoms with Crippen molar-refractivity contribution < 1.29 is 14.3 Å². The van der Waals surface area contributed by atoms with Crippen LogP contribution >= 0.6 is 35.1 Å². The Bertz CT molecular complexity index is 705. The Morgan fingerprint density at radius 1 is 1.04 bits per heavy atom. The van der Waals surface area contributed by atoms with E-state index in [0.717, 1.165) is 9.79 Å². The lowest BCUT2D eigenvalue weighted by molar-refractivity contribution is -0.146. The van der Waals surface area contributed by atoms with Crippen LogP contribution in [0.15, 0.2) is 58.3 Å². The Labute approximate surface area is 160 Å². The van der Waals surface area contributed by atoms with E-state index in [2.05, 4.69) is 5.32 Å². The fourth-order valence-corrected chi connectivity index (χ4v) is 3.24. The van der Waals surface area contributed by atoms with Crippen molar-refractivity contribution in [2.45, 2.75) is 16.2 Å². The van der Waals surface area contributed by atoms with Crippen LogP contribution in [-0.2, 0) is 14.3 Å². The van der Waals surface area contributed by atoms with E-state index in [1.807, 2.05) is 42.7 Å². The maximum Gasteiger partial charge on any atom is 0.307 e. The maximum atomic E-state index is 11.8.